The van der Waals surface area contributed by atoms with Crippen LogP contribution in [-0.4, -0.2) is 60.1 Å². The molecule has 2 rings (SSSR count). The van der Waals surface area contributed by atoms with Crippen LogP contribution in [0.3, 0.4) is 0 Å². The summed E-state index contributed by atoms with van der Waals surface area (Å²) in [6.45, 7) is 4.01. The average molecular weight is 283 g/mol. The van der Waals surface area contributed by atoms with Crippen LogP contribution in [0.2, 0.25) is 5.02 Å². The second-order valence-corrected chi connectivity index (χ2v) is 5.19. The molecule has 1 aliphatic heterocycles. The zero-order chi connectivity index (χ0) is 13.7. The van der Waals surface area contributed by atoms with Crippen molar-refractivity contribution < 1.29 is 9.90 Å². The van der Waals surface area contributed by atoms with Gasteiger partial charge in [-0.25, -0.2) is 0 Å². The quantitative estimate of drug-likeness (QED) is 0.897. The molecule has 1 heterocycles. The number of nitrogens with zero attached hydrogens (tertiary/aromatic N) is 2. The highest BCUT2D eigenvalue weighted by Crippen LogP contribution is 2.12. The lowest BCUT2D eigenvalue weighted by atomic mass is 10.1. The van der Waals surface area contributed by atoms with Gasteiger partial charge in [-0.2, -0.15) is 0 Å². The number of halogens is 1. The van der Waals surface area contributed by atoms with Crippen molar-refractivity contribution in [3.8, 4) is 0 Å². The molecule has 1 N–H and O–H groups in total. The Morgan fingerprint density at radius 1 is 1.26 bits per heavy atom. The van der Waals surface area contributed by atoms with Gasteiger partial charge in [0.05, 0.1) is 13.0 Å². The van der Waals surface area contributed by atoms with Crippen molar-refractivity contribution in [1.29, 1.82) is 0 Å². The molecule has 4 nitrogen and oxygen atoms in total. The number of β-amino-alcohol motifs (C(OH)–C–C–N with tert-alkyl or cyclic N) is 1. The summed E-state index contributed by atoms with van der Waals surface area (Å²) in [6, 6.07) is 7.43. The normalized spacial score (nSPS) is 16.6. The number of hydrogen-bond acceptors (Lipinski definition) is 3. The van der Waals surface area contributed by atoms with Gasteiger partial charge in [0.25, 0.3) is 0 Å². The van der Waals surface area contributed by atoms with Gasteiger partial charge < -0.3 is 10.0 Å². The van der Waals surface area contributed by atoms with Gasteiger partial charge in [-0.1, -0.05) is 23.7 Å². The van der Waals surface area contributed by atoms with Crippen LogP contribution in [-0.2, 0) is 11.2 Å². The Morgan fingerprint density at radius 3 is 2.63 bits per heavy atom. The third-order valence-electron chi connectivity index (χ3n) is 3.39. The van der Waals surface area contributed by atoms with E-state index in [2.05, 4.69) is 4.90 Å². The first kappa shape index (κ1) is 14.3. The second-order valence-electron chi connectivity index (χ2n) is 4.75. The third-order valence-corrected chi connectivity index (χ3v) is 3.62. The van der Waals surface area contributed by atoms with Crippen LogP contribution in [0.1, 0.15) is 5.56 Å². The number of hydrogen-bond donors (Lipinski definition) is 1. The number of carbonyl (C=O) groups excluding carboxylic acids is 1. The maximum atomic E-state index is 12.2. The number of aliphatic hydroxyl groups excluding tert-OH is 1. The van der Waals surface area contributed by atoms with E-state index >= 15 is 0 Å². The lowest BCUT2D eigenvalue weighted by molar-refractivity contribution is -0.132. The highest BCUT2D eigenvalue weighted by atomic mass is 35.5. The Kier molecular flexibility index (Phi) is 5.19. The summed E-state index contributed by atoms with van der Waals surface area (Å²) in [7, 11) is 0. The average Bonchev–Trinajstić information content (AvgIpc) is 2.40. The summed E-state index contributed by atoms with van der Waals surface area (Å²) in [5, 5.41) is 9.54. The molecule has 0 aliphatic carbocycles. The van der Waals surface area contributed by atoms with Crippen molar-refractivity contribution in [3.05, 3.63) is 34.9 Å². The zero-order valence-electron chi connectivity index (χ0n) is 10.9. The molecule has 1 amide bonds. The highest BCUT2D eigenvalue weighted by molar-refractivity contribution is 6.30. The Morgan fingerprint density at radius 2 is 2.00 bits per heavy atom. The minimum absolute atomic E-state index is 0.144. The minimum atomic E-state index is 0.144. The van der Waals surface area contributed by atoms with E-state index < -0.39 is 0 Å². The third kappa shape index (κ3) is 4.20. The van der Waals surface area contributed by atoms with E-state index in [0.29, 0.717) is 18.0 Å². The van der Waals surface area contributed by atoms with E-state index in [0.717, 1.165) is 31.7 Å². The number of piperazine rings is 1. The first-order valence-corrected chi connectivity index (χ1v) is 6.92. The van der Waals surface area contributed by atoms with Crippen LogP contribution in [0.5, 0.6) is 0 Å². The molecule has 0 saturated carbocycles. The predicted octanol–water partition coefficient (Wildman–Crippen LogP) is 1.02. The molecule has 5 heteroatoms. The monoisotopic (exact) mass is 282 g/mol. The molecule has 104 valence electrons. The predicted molar refractivity (Wildman–Crippen MR) is 75.3 cm³/mol. The molecule has 0 unspecified atom stereocenters. The van der Waals surface area contributed by atoms with Gasteiger partial charge in [0.1, 0.15) is 0 Å². The lowest BCUT2D eigenvalue weighted by Crippen LogP contribution is -2.49. The summed E-state index contributed by atoms with van der Waals surface area (Å²) in [4.78, 5) is 16.2. The number of carbonyl (C=O) groups is 1. The zero-order valence-corrected chi connectivity index (χ0v) is 11.6. The van der Waals surface area contributed by atoms with Gasteiger partial charge >= 0.3 is 0 Å². The maximum Gasteiger partial charge on any atom is 0.227 e. The van der Waals surface area contributed by atoms with Crippen molar-refractivity contribution in [2.75, 3.05) is 39.3 Å². The summed E-state index contributed by atoms with van der Waals surface area (Å²) < 4.78 is 0. The highest BCUT2D eigenvalue weighted by Gasteiger charge is 2.20. The lowest BCUT2D eigenvalue weighted by Gasteiger charge is -2.34. The molecule has 0 aromatic heterocycles. The molecule has 1 aliphatic rings. The summed E-state index contributed by atoms with van der Waals surface area (Å²) in [6.07, 6.45) is 0.403. The van der Waals surface area contributed by atoms with Crippen LogP contribution in [0.4, 0.5) is 0 Å². The van der Waals surface area contributed by atoms with Gasteiger partial charge in [0, 0.05) is 37.7 Å². The fourth-order valence-electron chi connectivity index (χ4n) is 2.30. The molecule has 1 saturated heterocycles. The van der Waals surface area contributed by atoms with Gasteiger partial charge in [-0.05, 0) is 17.7 Å². The Hall–Kier alpha value is -1.10. The summed E-state index contributed by atoms with van der Waals surface area (Å²) in [5.74, 6) is 0.144. The fourth-order valence-corrected chi connectivity index (χ4v) is 2.51. The van der Waals surface area contributed by atoms with Crippen molar-refractivity contribution in [2.24, 2.45) is 0 Å². The topological polar surface area (TPSA) is 43.8 Å². The molecule has 0 radical (unpaired) electrons. The van der Waals surface area contributed by atoms with E-state index in [9.17, 15) is 4.79 Å². The van der Waals surface area contributed by atoms with Crippen LogP contribution in [0, 0.1) is 0 Å². The molecule has 1 aromatic rings. The molecule has 1 aromatic carbocycles. The van der Waals surface area contributed by atoms with Crippen LogP contribution in [0.25, 0.3) is 0 Å². The summed E-state index contributed by atoms with van der Waals surface area (Å²) in [5.41, 5.74) is 0.954. The van der Waals surface area contributed by atoms with E-state index in [1.807, 2.05) is 29.2 Å². The molecule has 0 spiro atoms. The standard InChI is InChI=1S/C14H19ClN2O2/c15-13-3-1-2-12(10-13)11-14(19)17-6-4-16(5-7-17)8-9-18/h1-3,10,18H,4-9,11H2. The first-order valence-electron chi connectivity index (χ1n) is 6.54. The SMILES string of the molecule is O=C(Cc1cccc(Cl)c1)N1CCN(CCO)CC1. The first-order chi connectivity index (χ1) is 9.19. The van der Waals surface area contributed by atoms with Crippen LogP contribution >= 0.6 is 11.6 Å². The number of benzene rings is 1. The molecule has 1 fully saturated rings. The Labute approximate surface area is 118 Å². The Bertz CT molecular complexity index is 431. The minimum Gasteiger partial charge on any atom is -0.395 e. The molecular weight excluding hydrogens is 264 g/mol. The molecule has 0 bridgehead atoms. The Balaban J connectivity index is 1.84. The van der Waals surface area contributed by atoms with Crippen LogP contribution in [0.15, 0.2) is 24.3 Å². The molecular formula is C14H19ClN2O2. The van der Waals surface area contributed by atoms with E-state index in [-0.39, 0.29) is 12.5 Å². The molecule has 19 heavy (non-hydrogen) atoms. The summed E-state index contributed by atoms with van der Waals surface area (Å²) >= 11 is 5.91. The van der Waals surface area contributed by atoms with E-state index in [1.54, 1.807) is 0 Å². The second kappa shape index (κ2) is 6.89. The van der Waals surface area contributed by atoms with Crippen molar-refractivity contribution in [3.63, 3.8) is 0 Å². The molecule has 0 atom stereocenters. The number of amides is 1. The van der Waals surface area contributed by atoms with Gasteiger partial charge in [0.15, 0.2) is 0 Å². The maximum absolute atomic E-state index is 12.2. The van der Waals surface area contributed by atoms with E-state index in [1.165, 1.54) is 0 Å². The van der Waals surface area contributed by atoms with Crippen LogP contribution < -0.4 is 0 Å². The smallest absolute Gasteiger partial charge is 0.227 e. The van der Waals surface area contributed by atoms with Gasteiger partial charge in [0.2, 0.25) is 5.91 Å². The van der Waals surface area contributed by atoms with Crippen molar-refractivity contribution in [2.45, 2.75) is 6.42 Å². The van der Waals surface area contributed by atoms with Gasteiger partial charge in [-0.15, -0.1) is 0 Å². The van der Waals surface area contributed by atoms with Crippen molar-refractivity contribution >= 4 is 17.5 Å². The number of aliphatic hydroxyl groups is 1. The van der Waals surface area contributed by atoms with Crippen molar-refractivity contribution in [1.82, 2.24) is 9.80 Å². The van der Waals surface area contributed by atoms with E-state index in [4.69, 9.17) is 16.7 Å². The fraction of sp³-hybridized carbons (Fsp3) is 0.500. The van der Waals surface area contributed by atoms with Gasteiger partial charge in [-0.3, -0.25) is 9.69 Å². The largest absolute Gasteiger partial charge is 0.395 e. The number of rotatable bonds is 4.